The lowest BCUT2D eigenvalue weighted by Gasteiger charge is -2.29. The van der Waals surface area contributed by atoms with Gasteiger partial charge in [-0.1, -0.05) is 13.3 Å². The number of ether oxygens (including phenoxy) is 1. The van der Waals surface area contributed by atoms with Gasteiger partial charge in [0, 0.05) is 21.3 Å². The van der Waals surface area contributed by atoms with E-state index in [0.29, 0.717) is 6.42 Å². The minimum absolute atomic E-state index is 0.419. The Labute approximate surface area is 85.9 Å². The normalized spacial score (nSPS) is 13.4. The zero-order chi connectivity index (χ0) is 11.0. The summed E-state index contributed by atoms with van der Waals surface area (Å²) in [6.07, 6.45) is 3.20. The maximum atomic E-state index is 8.50. The molecule has 0 aromatic rings. The van der Waals surface area contributed by atoms with Crippen LogP contribution >= 0.6 is 0 Å². The van der Waals surface area contributed by atoms with Crippen molar-refractivity contribution in [1.82, 2.24) is 0 Å². The van der Waals surface area contributed by atoms with Crippen LogP contribution in [0.5, 0.6) is 0 Å². The maximum Gasteiger partial charge on any atom is 0.544 e. The first-order chi connectivity index (χ1) is 6.70. The summed E-state index contributed by atoms with van der Waals surface area (Å²) in [5.74, 6) is 0. The average Bonchev–Trinajstić information content (AvgIpc) is 2.22. The van der Waals surface area contributed by atoms with Gasteiger partial charge in [0.25, 0.3) is 6.26 Å². The second-order valence-corrected chi connectivity index (χ2v) is 5.78. The lowest BCUT2D eigenvalue weighted by Crippen LogP contribution is -2.55. The van der Waals surface area contributed by atoms with Gasteiger partial charge in [0.15, 0.2) is 5.73 Å². The third-order valence-electron chi connectivity index (χ3n) is 1.99. The number of nitriles is 1. The molecule has 5 nitrogen and oxygen atoms in total. The monoisotopic (exact) mass is 219 g/mol. The molecule has 1 atom stereocenters. The highest BCUT2D eigenvalue weighted by Gasteiger charge is 2.49. The standard InChI is InChI=1S/C8H17NO4Si/c1-5-6-8(13-7-9)14(10-2,11-3)12-4/h8H,5-6H2,1-4H3. The number of hydrogen-bond acceptors (Lipinski definition) is 5. The van der Waals surface area contributed by atoms with Gasteiger partial charge in [0.05, 0.1) is 0 Å². The van der Waals surface area contributed by atoms with Crippen molar-refractivity contribution < 1.29 is 18.0 Å². The Morgan fingerprint density at radius 1 is 1.21 bits per heavy atom. The average molecular weight is 219 g/mol. The first-order valence-corrected chi connectivity index (χ1v) is 6.21. The summed E-state index contributed by atoms with van der Waals surface area (Å²) in [4.78, 5) is 0. The molecule has 0 N–H and O–H groups in total. The van der Waals surface area contributed by atoms with Crippen molar-refractivity contribution in [3.8, 4) is 6.26 Å². The highest BCUT2D eigenvalue weighted by molar-refractivity contribution is 6.62. The van der Waals surface area contributed by atoms with Crippen molar-refractivity contribution in [1.29, 1.82) is 5.26 Å². The van der Waals surface area contributed by atoms with Crippen LogP contribution in [-0.4, -0.2) is 35.9 Å². The second kappa shape index (κ2) is 6.78. The lowest BCUT2D eigenvalue weighted by molar-refractivity contribution is 0.0528. The van der Waals surface area contributed by atoms with Crippen LogP contribution in [0.25, 0.3) is 0 Å². The molecule has 0 saturated heterocycles. The molecule has 0 spiro atoms. The molecule has 0 rings (SSSR count). The van der Waals surface area contributed by atoms with E-state index in [-0.39, 0.29) is 0 Å². The predicted molar refractivity (Wildman–Crippen MR) is 52.2 cm³/mol. The smallest absolute Gasteiger partial charge is 0.420 e. The van der Waals surface area contributed by atoms with Gasteiger partial charge >= 0.3 is 8.80 Å². The molecule has 0 saturated carbocycles. The largest absolute Gasteiger partial charge is 0.544 e. The van der Waals surface area contributed by atoms with Crippen molar-refractivity contribution >= 4 is 8.80 Å². The zero-order valence-corrected chi connectivity index (χ0v) is 10.1. The Morgan fingerprint density at radius 3 is 2.00 bits per heavy atom. The summed E-state index contributed by atoms with van der Waals surface area (Å²) in [6, 6.07) is 0. The second-order valence-electron chi connectivity index (χ2n) is 2.70. The van der Waals surface area contributed by atoms with Gasteiger partial charge in [-0.2, -0.15) is 5.26 Å². The molecule has 6 heteroatoms. The minimum atomic E-state index is -2.83. The molecule has 0 aromatic carbocycles. The molecule has 0 aliphatic carbocycles. The van der Waals surface area contributed by atoms with Crippen LogP contribution in [0.15, 0.2) is 0 Å². The molecule has 0 aromatic heterocycles. The first-order valence-electron chi connectivity index (χ1n) is 4.40. The summed E-state index contributed by atoms with van der Waals surface area (Å²) < 4.78 is 20.6. The molecule has 82 valence electrons. The SMILES string of the molecule is CCCC(OC#N)[Si](OC)(OC)OC. The van der Waals surface area contributed by atoms with Crippen LogP contribution in [0.1, 0.15) is 19.8 Å². The summed E-state index contributed by atoms with van der Waals surface area (Å²) >= 11 is 0. The highest BCUT2D eigenvalue weighted by atomic mass is 28.4. The van der Waals surface area contributed by atoms with E-state index >= 15 is 0 Å². The van der Waals surface area contributed by atoms with Gasteiger partial charge in [0.2, 0.25) is 0 Å². The van der Waals surface area contributed by atoms with Gasteiger partial charge in [-0.15, -0.1) is 0 Å². The third-order valence-corrected chi connectivity index (χ3v) is 4.90. The number of nitrogens with zero attached hydrogens (tertiary/aromatic N) is 1. The molecule has 1 unspecified atom stereocenters. The van der Waals surface area contributed by atoms with E-state index in [2.05, 4.69) is 0 Å². The topological polar surface area (TPSA) is 60.7 Å². The molecule has 0 radical (unpaired) electrons. The molecular weight excluding hydrogens is 202 g/mol. The summed E-state index contributed by atoms with van der Waals surface area (Å²) in [6.45, 7) is 1.99. The van der Waals surface area contributed by atoms with Crippen LogP contribution in [0.3, 0.4) is 0 Å². The maximum absolute atomic E-state index is 8.50. The Bertz CT molecular complexity index is 182. The van der Waals surface area contributed by atoms with Crippen molar-refractivity contribution in [3.05, 3.63) is 0 Å². The van der Waals surface area contributed by atoms with Crippen LogP contribution in [0.2, 0.25) is 0 Å². The van der Waals surface area contributed by atoms with Crippen molar-refractivity contribution in [2.75, 3.05) is 21.3 Å². The van der Waals surface area contributed by atoms with Gasteiger partial charge in [-0.25, -0.2) is 0 Å². The van der Waals surface area contributed by atoms with Crippen molar-refractivity contribution in [2.24, 2.45) is 0 Å². The lowest BCUT2D eigenvalue weighted by atomic mass is 10.4. The zero-order valence-electron chi connectivity index (χ0n) is 9.07. The molecule has 0 amide bonds. The fourth-order valence-electron chi connectivity index (χ4n) is 1.28. The van der Waals surface area contributed by atoms with Crippen molar-refractivity contribution in [3.63, 3.8) is 0 Å². The highest BCUT2D eigenvalue weighted by Crippen LogP contribution is 2.19. The van der Waals surface area contributed by atoms with E-state index in [9.17, 15) is 0 Å². The fourth-order valence-corrected chi connectivity index (χ4v) is 3.41. The Kier molecular flexibility index (Phi) is 6.49. The number of hydrogen-bond donors (Lipinski definition) is 0. The predicted octanol–water partition coefficient (Wildman–Crippen LogP) is 1.07. The van der Waals surface area contributed by atoms with E-state index in [1.807, 2.05) is 6.92 Å². The van der Waals surface area contributed by atoms with Gasteiger partial charge in [-0.3, -0.25) is 0 Å². The minimum Gasteiger partial charge on any atom is -0.420 e. The molecular formula is C8H17NO4Si. The summed E-state index contributed by atoms with van der Waals surface area (Å²) in [5, 5.41) is 8.50. The van der Waals surface area contributed by atoms with E-state index in [0.717, 1.165) is 6.42 Å². The third kappa shape index (κ3) is 2.96. The molecule has 0 bridgehead atoms. The molecule has 0 aliphatic rings. The Morgan fingerprint density at radius 2 is 1.71 bits per heavy atom. The summed E-state index contributed by atoms with van der Waals surface area (Å²) in [7, 11) is 1.67. The van der Waals surface area contributed by atoms with E-state index in [1.165, 1.54) is 21.3 Å². The Balaban J connectivity index is 4.62. The van der Waals surface area contributed by atoms with Crippen LogP contribution in [0, 0.1) is 11.5 Å². The van der Waals surface area contributed by atoms with Crippen LogP contribution < -0.4 is 0 Å². The molecule has 0 aliphatic heterocycles. The van der Waals surface area contributed by atoms with Crippen LogP contribution in [0.4, 0.5) is 0 Å². The molecule has 0 fully saturated rings. The summed E-state index contributed by atoms with van der Waals surface area (Å²) in [5.41, 5.74) is -0.419. The van der Waals surface area contributed by atoms with E-state index in [4.69, 9.17) is 23.3 Å². The van der Waals surface area contributed by atoms with Gasteiger partial charge in [0.1, 0.15) is 0 Å². The van der Waals surface area contributed by atoms with Crippen LogP contribution in [-0.2, 0) is 18.0 Å². The van der Waals surface area contributed by atoms with E-state index in [1.54, 1.807) is 6.26 Å². The number of rotatable bonds is 7. The Hall–Kier alpha value is -0.613. The quantitative estimate of drug-likeness (QED) is 0.473. The van der Waals surface area contributed by atoms with Crippen molar-refractivity contribution in [2.45, 2.75) is 25.5 Å². The molecule has 0 heterocycles. The van der Waals surface area contributed by atoms with Gasteiger partial charge < -0.3 is 18.0 Å². The van der Waals surface area contributed by atoms with E-state index < -0.39 is 14.5 Å². The van der Waals surface area contributed by atoms with Gasteiger partial charge in [-0.05, 0) is 6.42 Å². The fraction of sp³-hybridized carbons (Fsp3) is 0.875. The first kappa shape index (κ1) is 13.4. The molecule has 14 heavy (non-hydrogen) atoms.